The van der Waals surface area contributed by atoms with Gasteiger partial charge in [-0.05, 0) is 60.6 Å². The van der Waals surface area contributed by atoms with Crippen LogP contribution >= 0.6 is 39.7 Å². The Kier molecular flexibility index (Phi) is 4.53. The van der Waals surface area contributed by atoms with Crippen molar-refractivity contribution in [1.29, 1.82) is 0 Å². The summed E-state index contributed by atoms with van der Waals surface area (Å²) < 4.78 is 0.983. The lowest BCUT2D eigenvalue weighted by molar-refractivity contribution is -0.113. The molecule has 0 spiro atoms. The molecule has 3 rings (SSSR count). The Morgan fingerprint density at radius 1 is 1.22 bits per heavy atom. The van der Waals surface area contributed by atoms with E-state index in [0.717, 1.165) is 15.6 Å². The summed E-state index contributed by atoms with van der Waals surface area (Å²) in [4.78, 5) is 14.1. The largest absolute Gasteiger partial charge is 0.327 e. The summed E-state index contributed by atoms with van der Waals surface area (Å²) in [6.45, 7) is 1.91. The first-order valence-electron chi connectivity index (χ1n) is 6.84. The quantitative estimate of drug-likeness (QED) is 0.580. The van der Waals surface area contributed by atoms with Crippen LogP contribution in [0.5, 0.6) is 0 Å². The minimum atomic E-state index is -0.196. The van der Waals surface area contributed by atoms with Crippen molar-refractivity contribution in [3.8, 4) is 0 Å². The number of thiocarbonyl (C=S) groups is 1. The maximum Gasteiger partial charge on any atom is 0.281 e. The van der Waals surface area contributed by atoms with Gasteiger partial charge in [0.2, 0.25) is 0 Å². The molecule has 1 amide bonds. The molecule has 0 atom stereocenters. The van der Waals surface area contributed by atoms with E-state index in [0.29, 0.717) is 21.5 Å². The standard InChI is InChI=1S/C17H12BrClN2OS/c1-10-2-7-13(9-14(10)19)21-16(22)15(20-17(21)23)8-11-3-5-12(18)6-4-11/h2-9H,1H3,(H,20,23)/b15-8+. The first kappa shape index (κ1) is 16.2. The lowest BCUT2D eigenvalue weighted by Gasteiger charge is -2.14. The minimum absolute atomic E-state index is 0.196. The van der Waals surface area contributed by atoms with Crippen LogP contribution in [0.1, 0.15) is 11.1 Å². The highest BCUT2D eigenvalue weighted by Gasteiger charge is 2.32. The molecule has 1 heterocycles. The van der Waals surface area contributed by atoms with Crippen LogP contribution in [-0.4, -0.2) is 11.0 Å². The van der Waals surface area contributed by atoms with Gasteiger partial charge in [-0.25, -0.2) is 0 Å². The van der Waals surface area contributed by atoms with Crippen molar-refractivity contribution in [3.63, 3.8) is 0 Å². The predicted molar refractivity (Wildman–Crippen MR) is 102 cm³/mol. The number of benzene rings is 2. The molecule has 0 aliphatic carbocycles. The molecule has 1 fully saturated rings. The van der Waals surface area contributed by atoms with Crippen LogP contribution in [0.4, 0.5) is 5.69 Å². The van der Waals surface area contributed by atoms with Crippen LogP contribution in [0.2, 0.25) is 5.02 Å². The molecule has 23 heavy (non-hydrogen) atoms. The first-order chi connectivity index (χ1) is 11.0. The van der Waals surface area contributed by atoms with Gasteiger partial charge in [0.1, 0.15) is 5.70 Å². The number of anilines is 1. The second kappa shape index (κ2) is 6.43. The van der Waals surface area contributed by atoms with Crippen LogP contribution in [0.25, 0.3) is 6.08 Å². The average Bonchev–Trinajstić information content (AvgIpc) is 2.79. The van der Waals surface area contributed by atoms with Crippen molar-refractivity contribution >= 4 is 62.5 Å². The number of nitrogens with one attached hydrogen (secondary N) is 1. The lowest BCUT2D eigenvalue weighted by Crippen LogP contribution is -2.30. The summed E-state index contributed by atoms with van der Waals surface area (Å²) in [6, 6.07) is 13.1. The Morgan fingerprint density at radius 3 is 2.57 bits per heavy atom. The summed E-state index contributed by atoms with van der Waals surface area (Å²) in [5.74, 6) is -0.196. The fourth-order valence-electron chi connectivity index (χ4n) is 2.22. The number of carbonyl (C=O) groups is 1. The van der Waals surface area contributed by atoms with Gasteiger partial charge in [-0.3, -0.25) is 9.69 Å². The molecule has 2 aromatic rings. The van der Waals surface area contributed by atoms with Gasteiger partial charge >= 0.3 is 0 Å². The van der Waals surface area contributed by atoms with E-state index in [-0.39, 0.29) is 5.91 Å². The van der Waals surface area contributed by atoms with Crippen molar-refractivity contribution < 1.29 is 4.79 Å². The molecule has 0 radical (unpaired) electrons. The lowest BCUT2D eigenvalue weighted by atomic mass is 10.2. The summed E-state index contributed by atoms with van der Waals surface area (Å²) >= 11 is 14.8. The van der Waals surface area contributed by atoms with E-state index in [1.54, 1.807) is 12.1 Å². The molecule has 2 aromatic carbocycles. The fourth-order valence-corrected chi connectivity index (χ4v) is 2.95. The Morgan fingerprint density at radius 2 is 1.91 bits per heavy atom. The molecule has 0 bridgehead atoms. The van der Waals surface area contributed by atoms with E-state index < -0.39 is 0 Å². The summed E-state index contributed by atoms with van der Waals surface area (Å²) in [5.41, 5.74) is 2.96. The van der Waals surface area contributed by atoms with Crippen LogP contribution < -0.4 is 10.2 Å². The van der Waals surface area contributed by atoms with Gasteiger partial charge < -0.3 is 5.32 Å². The van der Waals surface area contributed by atoms with Gasteiger partial charge in [0.25, 0.3) is 5.91 Å². The highest BCUT2D eigenvalue weighted by Crippen LogP contribution is 2.27. The molecule has 0 saturated carbocycles. The Balaban J connectivity index is 1.93. The third kappa shape index (κ3) is 3.32. The van der Waals surface area contributed by atoms with Crippen LogP contribution in [0.3, 0.4) is 0 Å². The van der Waals surface area contributed by atoms with Gasteiger partial charge in [-0.15, -0.1) is 0 Å². The van der Waals surface area contributed by atoms with Crippen molar-refractivity contribution in [2.24, 2.45) is 0 Å². The maximum absolute atomic E-state index is 12.6. The topological polar surface area (TPSA) is 32.3 Å². The molecule has 1 N–H and O–H groups in total. The van der Waals surface area contributed by atoms with E-state index in [1.807, 2.05) is 43.3 Å². The molecule has 0 aromatic heterocycles. The normalized spacial score (nSPS) is 16.1. The predicted octanol–water partition coefficient (Wildman–Crippen LogP) is 4.67. The van der Waals surface area contributed by atoms with Crippen molar-refractivity contribution in [3.05, 3.63) is 68.8 Å². The number of nitrogens with zero attached hydrogens (tertiary/aromatic N) is 1. The molecular weight excluding hydrogens is 396 g/mol. The number of amides is 1. The maximum atomic E-state index is 12.6. The second-order valence-electron chi connectivity index (χ2n) is 5.11. The van der Waals surface area contributed by atoms with E-state index in [2.05, 4.69) is 21.2 Å². The average molecular weight is 408 g/mol. The molecule has 1 aliphatic heterocycles. The fraction of sp³-hybridized carbons (Fsp3) is 0.0588. The molecule has 6 heteroatoms. The van der Waals surface area contributed by atoms with Crippen LogP contribution in [0.15, 0.2) is 52.6 Å². The molecule has 1 aliphatic rings. The third-order valence-corrected chi connectivity index (χ3v) is 4.69. The number of carbonyl (C=O) groups excluding carboxylic acids is 1. The number of aryl methyl sites for hydroxylation is 1. The second-order valence-corrected chi connectivity index (χ2v) is 6.82. The molecular formula is C17H12BrClN2OS. The summed E-state index contributed by atoms with van der Waals surface area (Å²) in [6.07, 6.45) is 1.77. The van der Waals surface area contributed by atoms with E-state index in [9.17, 15) is 4.79 Å². The van der Waals surface area contributed by atoms with Crippen LogP contribution in [-0.2, 0) is 4.79 Å². The van der Waals surface area contributed by atoms with Gasteiger partial charge in [0.05, 0.1) is 5.69 Å². The van der Waals surface area contributed by atoms with Gasteiger partial charge in [0.15, 0.2) is 5.11 Å². The Labute approximate surface area is 153 Å². The first-order valence-corrected chi connectivity index (χ1v) is 8.42. The Hall–Kier alpha value is -1.69. The summed E-state index contributed by atoms with van der Waals surface area (Å²) in [7, 11) is 0. The zero-order valence-corrected chi connectivity index (χ0v) is 15.3. The van der Waals surface area contributed by atoms with Crippen LogP contribution in [0, 0.1) is 6.92 Å². The Bertz CT molecular complexity index is 833. The zero-order chi connectivity index (χ0) is 16.6. The van der Waals surface area contributed by atoms with Gasteiger partial charge in [-0.2, -0.15) is 0 Å². The van der Waals surface area contributed by atoms with Crippen molar-refractivity contribution in [1.82, 2.24) is 5.32 Å². The number of halogens is 2. The number of hydrogen-bond donors (Lipinski definition) is 1. The number of rotatable bonds is 2. The summed E-state index contributed by atoms with van der Waals surface area (Å²) in [5, 5.41) is 3.91. The van der Waals surface area contributed by atoms with Crippen molar-refractivity contribution in [2.45, 2.75) is 6.92 Å². The zero-order valence-electron chi connectivity index (χ0n) is 12.1. The smallest absolute Gasteiger partial charge is 0.281 e. The van der Waals surface area contributed by atoms with E-state index >= 15 is 0 Å². The third-order valence-electron chi connectivity index (χ3n) is 3.47. The highest BCUT2D eigenvalue weighted by atomic mass is 79.9. The van der Waals surface area contributed by atoms with Gasteiger partial charge in [0, 0.05) is 9.50 Å². The van der Waals surface area contributed by atoms with E-state index in [1.165, 1.54) is 4.90 Å². The molecule has 1 saturated heterocycles. The van der Waals surface area contributed by atoms with Gasteiger partial charge in [-0.1, -0.05) is 45.7 Å². The van der Waals surface area contributed by atoms with E-state index in [4.69, 9.17) is 23.8 Å². The molecule has 0 unspecified atom stereocenters. The van der Waals surface area contributed by atoms with Crippen molar-refractivity contribution in [2.75, 3.05) is 4.90 Å². The minimum Gasteiger partial charge on any atom is -0.327 e. The SMILES string of the molecule is Cc1ccc(N2C(=O)/C(=C\c3ccc(Br)cc3)NC2=S)cc1Cl. The highest BCUT2D eigenvalue weighted by molar-refractivity contribution is 9.10. The number of hydrogen-bond acceptors (Lipinski definition) is 2. The molecule has 3 nitrogen and oxygen atoms in total. The monoisotopic (exact) mass is 406 g/mol. The molecule has 116 valence electrons.